The summed E-state index contributed by atoms with van der Waals surface area (Å²) in [7, 11) is 0. The van der Waals surface area contributed by atoms with Crippen molar-refractivity contribution in [2.45, 2.75) is 97.5 Å². The Kier molecular flexibility index (Phi) is 10.3. The molecule has 12 heteroatoms. The van der Waals surface area contributed by atoms with Gasteiger partial charge in [-0.3, -0.25) is 15.6 Å². The molecule has 5 N–H and O–H groups in total. The number of nitrogens with two attached hydrogens (primary N) is 1. The summed E-state index contributed by atoms with van der Waals surface area (Å²) in [6, 6.07) is 0. The van der Waals surface area contributed by atoms with Gasteiger partial charge in [-0.1, -0.05) is 0 Å². The molecule has 0 radical (unpaired) electrons. The summed E-state index contributed by atoms with van der Waals surface area (Å²) < 4.78 is 15.4. The van der Waals surface area contributed by atoms with E-state index < -0.39 is 46.5 Å². The quantitative estimate of drug-likeness (QED) is 0.112. The van der Waals surface area contributed by atoms with Crippen LogP contribution in [0.1, 0.15) is 75.2 Å². The number of amides is 2. The van der Waals surface area contributed by atoms with Crippen LogP contribution in [0.3, 0.4) is 0 Å². The van der Waals surface area contributed by atoms with Gasteiger partial charge in [0.25, 0.3) is 0 Å². The van der Waals surface area contributed by atoms with Gasteiger partial charge in [0.05, 0.1) is 0 Å². The second-order valence-corrected chi connectivity index (χ2v) is 10.4. The Morgan fingerprint density at radius 1 is 0.788 bits per heavy atom. The lowest BCUT2D eigenvalue weighted by Crippen LogP contribution is -2.57. The number of carboxylic acids is 1. The zero-order valence-electron chi connectivity index (χ0n) is 21.0. The van der Waals surface area contributed by atoms with Crippen molar-refractivity contribution in [3.63, 3.8) is 0 Å². The van der Waals surface area contributed by atoms with Gasteiger partial charge in [0.2, 0.25) is 11.5 Å². The Balaban J connectivity index is 5.36. The highest BCUT2D eigenvalue weighted by atomic mass is 16.6. The normalized spacial score (nSPS) is 13.8. The highest BCUT2D eigenvalue weighted by Gasteiger charge is 2.45. The molecule has 0 aliphatic carbocycles. The highest BCUT2D eigenvalue weighted by Crippen LogP contribution is 2.18. The molecule has 2 amide bonds. The molecule has 0 heterocycles. The number of ether oxygens (including phenoxy) is 3. The van der Waals surface area contributed by atoms with E-state index in [4.69, 9.17) is 19.9 Å². The minimum atomic E-state index is -2.28. The molecule has 0 spiro atoms. The van der Waals surface area contributed by atoms with Gasteiger partial charge in [-0.15, -0.1) is 0 Å². The number of carbonyl (C=O) groups excluding carboxylic acids is 3. The summed E-state index contributed by atoms with van der Waals surface area (Å²) in [5.41, 5.74) is 1.02. The minimum Gasteiger partial charge on any atom is -0.479 e. The molecule has 0 bridgehead atoms. The summed E-state index contributed by atoms with van der Waals surface area (Å²) >= 11 is 0. The Morgan fingerprint density at radius 2 is 1.18 bits per heavy atom. The lowest BCUT2D eigenvalue weighted by atomic mass is 9.94. The first-order valence-electron chi connectivity index (χ1n) is 10.4. The summed E-state index contributed by atoms with van der Waals surface area (Å²) in [6.07, 6.45) is -2.01. The minimum absolute atomic E-state index is 0.0253. The van der Waals surface area contributed by atoms with Gasteiger partial charge >= 0.3 is 24.1 Å². The summed E-state index contributed by atoms with van der Waals surface area (Å²) in [4.78, 5) is 52.1. The number of nitrogens with zero attached hydrogens (tertiary/aromatic N) is 1. The molecule has 0 aliphatic rings. The van der Waals surface area contributed by atoms with Crippen molar-refractivity contribution in [2.75, 3.05) is 6.54 Å². The zero-order valence-corrected chi connectivity index (χ0v) is 21.0. The zero-order chi connectivity index (χ0) is 26.3. The first kappa shape index (κ1) is 30.1. The van der Waals surface area contributed by atoms with Crippen molar-refractivity contribution in [1.29, 1.82) is 0 Å². The molecule has 190 valence electrons. The van der Waals surface area contributed by atoms with E-state index in [1.807, 2.05) is 0 Å². The fourth-order valence-electron chi connectivity index (χ4n) is 2.13. The standard InChI is InChI=1S/C21H38N4O8/c1-18(2,3)31-14(28)21(22,13(26)27)11-10-12-23-15(24-16(29)32-19(4,5)6)25-17(30)33-20(7,8)9/h10-12,22H2,1-9H3,(H,26,27)(H2,23,24,25,29,30)/t21-/m0/s1. The third-order valence-electron chi connectivity index (χ3n) is 3.38. The average molecular weight is 475 g/mol. The third-order valence-corrected chi connectivity index (χ3v) is 3.38. The van der Waals surface area contributed by atoms with Gasteiger partial charge in [0, 0.05) is 6.54 Å². The van der Waals surface area contributed by atoms with Gasteiger partial charge in [-0.2, -0.15) is 0 Å². The van der Waals surface area contributed by atoms with Crippen LogP contribution in [-0.2, 0) is 23.8 Å². The maximum Gasteiger partial charge on any atom is 0.414 e. The molecule has 0 aliphatic heterocycles. The fraction of sp³-hybridized carbons (Fsp3) is 0.762. The first-order chi connectivity index (χ1) is 14.6. The van der Waals surface area contributed by atoms with E-state index in [1.54, 1.807) is 62.3 Å². The van der Waals surface area contributed by atoms with Crippen molar-refractivity contribution in [1.82, 2.24) is 10.6 Å². The molecular weight excluding hydrogens is 436 g/mol. The number of carbonyl (C=O) groups is 4. The highest BCUT2D eigenvalue weighted by molar-refractivity contribution is 6.04. The SMILES string of the molecule is CC(C)(C)OC(=O)NC(=NCCC[C@](N)(C(=O)O)C(=O)OC(C)(C)C)NC(=O)OC(C)(C)C. The van der Waals surface area contributed by atoms with E-state index in [9.17, 15) is 24.3 Å². The van der Waals surface area contributed by atoms with Gasteiger partial charge in [-0.05, 0) is 75.2 Å². The predicted molar refractivity (Wildman–Crippen MR) is 121 cm³/mol. The molecule has 0 fully saturated rings. The summed E-state index contributed by atoms with van der Waals surface area (Å²) in [5, 5.41) is 14.1. The molecule has 12 nitrogen and oxygen atoms in total. The van der Waals surface area contributed by atoms with Crippen molar-refractivity contribution in [2.24, 2.45) is 10.7 Å². The number of alkyl carbamates (subject to hydrolysis) is 2. The topological polar surface area (TPSA) is 179 Å². The predicted octanol–water partition coefficient (Wildman–Crippen LogP) is 2.30. The molecule has 0 unspecified atom stereocenters. The number of aliphatic imine (C=N–C) groups is 1. The van der Waals surface area contributed by atoms with Crippen molar-refractivity contribution >= 4 is 30.1 Å². The van der Waals surface area contributed by atoms with Crippen LogP contribution < -0.4 is 16.4 Å². The number of carboxylic acid groups (broad SMARTS) is 1. The summed E-state index contributed by atoms with van der Waals surface area (Å²) in [5.74, 6) is -2.89. The van der Waals surface area contributed by atoms with Gasteiger partial charge in [-0.25, -0.2) is 19.2 Å². The Bertz CT molecular complexity index is 728. The second kappa shape index (κ2) is 11.3. The number of nitrogens with one attached hydrogen (secondary N) is 2. The maximum atomic E-state index is 12.3. The third kappa shape index (κ3) is 13.3. The molecule has 0 aromatic rings. The lowest BCUT2D eigenvalue weighted by molar-refractivity contribution is -0.169. The van der Waals surface area contributed by atoms with Gasteiger partial charge in [0.15, 0.2) is 0 Å². The average Bonchev–Trinajstić information content (AvgIpc) is 2.52. The second-order valence-electron chi connectivity index (χ2n) is 10.4. The molecule has 0 aromatic heterocycles. The van der Waals surface area contributed by atoms with Crippen molar-refractivity contribution < 1.29 is 38.5 Å². The number of aliphatic carboxylic acids is 1. The monoisotopic (exact) mass is 474 g/mol. The number of hydrogen-bond acceptors (Lipinski definition) is 9. The number of guanidine groups is 1. The van der Waals surface area contributed by atoms with E-state index in [-0.39, 0.29) is 25.3 Å². The molecular formula is C21H38N4O8. The Morgan fingerprint density at radius 3 is 1.52 bits per heavy atom. The van der Waals surface area contributed by atoms with Crippen molar-refractivity contribution in [3.8, 4) is 0 Å². The molecule has 33 heavy (non-hydrogen) atoms. The fourth-order valence-corrected chi connectivity index (χ4v) is 2.13. The molecule has 0 saturated carbocycles. The Hall–Kier alpha value is -2.89. The largest absolute Gasteiger partial charge is 0.479 e. The first-order valence-corrected chi connectivity index (χ1v) is 10.4. The van der Waals surface area contributed by atoms with Crippen LogP contribution in [0.25, 0.3) is 0 Å². The number of hydrogen-bond donors (Lipinski definition) is 4. The van der Waals surface area contributed by atoms with E-state index >= 15 is 0 Å². The smallest absolute Gasteiger partial charge is 0.414 e. The van der Waals surface area contributed by atoms with Crippen molar-refractivity contribution in [3.05, 3.63) is 0 Å². The van der Waals surface area contributed by atoms with Crippen LogP contribution in [0.15, 0.2) is 4.99 Å². The van der Waals surface area contributed by atoms with Gasteiger partial charge < -0.3 is 25.1 Å². The number of rotatable bonds is 6. The van der Waals surface area contributed by atoms with Crippen LogP contribution in [0.4, 0.5) is 9.59 Å². The molecule has 0 aromatic carbocycles. The molecule has 0 saturated heterocycles. The summed E-state index contributed by atoms with van der Waals surface area (Å²) in [6.45, 7) is 14.7. The van der Waals surface area contributed by atoms with E-state index in [1.165, 1.54) is 0 Å². The maximum absolute atomic E-state index is 12.3. The van der Waals surface area contributed by atoms with Crippen LogP contribution in [0.2, 0.25) is 0 Å². The number of esters is 1. The lowest BCUT2D eigenvalue weighted by Gasteiger charge is -2.28. The van der Waals surface area contributed by atoms with Crippen LogP contribution >= 0.6 is 0 Å². The van der Waals surface area contributed by atoms with E-state index in [2.05, 4.69) is 15.6 Å². The van der Waals surface area contributed by atoms with E-state index in [0.29, 0.717) is 0 Å². The van der Waals surface area contributed by atoms with Crippen LogP contribution in [0, 0.1) is 0 Å². The van der Waals surface area contributed by atoms with E-state index in [0.717, 1.165) is 0 Å². The van der Waals surface area contributed by atoms with Crippen LogP contribution in [-0.4, -0.2) is 64.1 Å². The van der Waals surface area contributed by atoms with Crippen LogP contribution in [0.5, 0.6) is 0 Å². The molecule has 0 rings (SSSR count). The van der Waals surface area contributed by atoms with Gasteiger partial charge in [0.1, 0.15) is 16.8 Å². The molecule has 1 atom stereocenters. The Labute approximate surface area is 194 Å².